The fraction of sp³-hybridized carbons (Fsp3) is 0.308. The summed E-state index contributed by atoms with van der Waals surface area (Å²) in [4.78, 5) is 8.66. The Kier molecular flexibility index (Phi) is 2.48. The van der Waals surface area contributed by atoms with Gasteiger partial charge in [-0.15, -0.1) is 11.3 Å². The van der Waals surface area contributed by atoms with Crippen LogP contribution >= 0.6 is 11.3 Å². The number of hydrogen-bond donors (Lipinski definition) is 2. The molecular weight excluding hydrogens is 258 g/mol. The second-order valence-corrected chi connectivity index (χ2v) is 5.68. The number of H-pyrrole nitrogens is 1. The van der Waals surface area contributed by atoms with E-state index in [2.05, 4.69) is 31.5 Å². The second-order valence-electron chi connectivity index (χ2n) is 4.82. The highest BCUT2D eigenvalue weighted by atomic mass is 32.1. The average Bonchev–Trinajstić information content (AvgIpc) is 2.96. The monoisotopic (exact) mass is 271 g/mol. The summed E-state index contributed by atoms with van der Waals surface area (Å²) in [5, 5.41) is 10.7. The van der Waals surface area contributed by atoms with E-state index >= 15 is 0 Å². The minimum atomic E-state index is 0.662. The van der Waals surface area contributed by atoms with E-state index in [1.807, 2.05) is 11.6 Å². The molecule has 0 aliphatic heterocycles. The van der Waals surface area contributed by atoms with Crippen molar-refractivity contribution in [3.8, 4) is 0 Å². The third kappa shape index (κ3) is 1.88. The first kappa shape index (κ1) is 10.9. The van der Waals surface area contributed by atoms with E-state index in [1.54, 1.807) is 17.5 Å². The lowest BCUT2D eigenvalue weighted by atomic mass is 9.83. The molecule has 5 nitrogen and oxygen atoms in total. The van der Waals surface area contributed by atoms with E-state index < -0.39 is 0 Å². The molecule has 96 valence electrons. The van der Waals surface area contributed by atoms with Crippen LogP contribution in [0.3, 0.4) is 0 Å². The Labute approximate surface area is 114 Å². The molecule has 0 unspecified atom stereocenters. The van der Waals surface area contributed by atoms with E-state index in [0.717, 1.165) is 21.9 Å². The van der Waals surface area contributed by atoms with Gasteiger partial charge in [0.05, 0.1) is 15.7 Å². The Hall–Kier alpha value is -1.95. The largest absolute Gasteiger partial charge is 0.322 e. The van der Waals surface area contributed by atoms with E-state index in [0.29, 0.717) is 5.92 Å². The minimum absolute atomic E-state index is 0.662. The molecule has 0 amide bonds. The van der Waals surface area contributed by atoms with Crippen LogP contribution in [0.2, 0.25) is 0 Å². The van der Waals surface area contributed by atoms with Crippen LogP contribution in [0.5, 0.6) is 0 Å². The fourth-order valence-corrected chi connectivity index (χ4v) is 3.06. The highest BCUT2D eigenvalue weighted by Gasteiger charge is 2.21. The molecule has 0 saturated heterocycles. The number of pyridine rings is 1. The quantitative estimate of drug-likeness (QED) is 0.766. The first-order chi connectivity index (χ1) is 9.40. The molecule has 6 heteroatoms. The summed E-state index contributed by atoms with van der Waals surface area (Å²) >= 11 is 1.59. The summed E-state index contributed by atoms with van der Waals surface area (Å²) in [5.41, 5.74) is 4.03. The van der Waals surface area contributed by atoms with Gasteiger partial charge >= 0.3 is 0 Å². The summed E-state index contributed by atoms with van der Waals surface area (Å²) < 4.78 is 1.07. The molecule has 4 rings (SSSR count). The minimum Gasteiger partial charge on any atom is -0.322 e. The Morgan fingerprint density at radius 3 is 3.11 bits per heavy atom. The predicted octanol–water partition coefficient (Wildman–Crippen LogP) is 3.43. The number of hydrogen-bond acceptors (Lipinski definition) is 5. The number of nitrogens with zero attached hydrogens (tertiary/aromatic N) is 3. The normalized spacial score (nSPS) is 15.6. The Balaban J connectivity index is 1.63. The highest BCUT2D eigenvalue weighted by Crippen LogP contribution is 2.36. The molecule has 0 spiro atoms. The van der Waals surface area contributed by atoms with Gasteiger partial charge in [0.2, 0.25) is 0 Å². The lowest BCUT2D eigenvalue weighted by molar-refractivity contribution is 0.410. The van der Waals surface area contributed by atoms with Gasteiger partial charge in [0.1, 0.15) is 0 Å². The van der Waals surface area contributed by atoms with Gasteiger partial charge in [0.25, 0.3) is 0 Å². The van der Waals surface area contributed by atoms with E-state index in [1.165, 1.54) is 25.0 Å². The smallest absolute Gasteiger partial charge is 0.153 e. The zero-order valence-corrected chi connectivity index (χ0v) is 11.1. The van der Waals surface area contributed by atoms with E-state index in [-0.39, 0.29) is 0 Å². The van der Waals surface area contributed by atoms with Gasteiger partial charge < -0.3 is 5.32 Å². The molecule has 1 fully saturated rings. The van der Waals surface area contributed by atoms with Crippen molar-refractivity contribution in [1.82, 2.24) is 20.2 Å². The van der Waals surface area contributed by atoms with E-state index in [9.17, 15) is 0 Å². The molecule has 0 atom stereocenters. The van der Waals surface area contributed by atoms with Crippen LogP contribution in [-0.4, -0.2) is 20.2 Å². The lowest BCUT2D eigenvalue weighted by Gasteiger charge is -2.23. The van der Waals surface area contributed by atoms with Crippen LogP contribution in [-0.2, 0) is 0 Å². The topological polar surface area (TPSA) is 66.5 Å². The molecule has 3 heterocycles. The molecule has 2 N–H and O–H groups in total. The van der Waals surface area contributed by atoms with Gasteiger partial charge in [-0.25, -0.2) is 9.97 Å². The summed E-state index contributed by atoms with van der Waals surface area (Å²) in [6.07, 6.45) is 5.63. The first-order valence-corrected chi connectivity index (χ1v) is 7.28. The molecule has 3 aromatic heterocycles. The van der Waals surface area contributed by atoms with Crippen LogP contribution in [0.1, 0.15) is 30.9 Å². The van der Waals surface area contributed by atoms with Gasteiger partial charge in [0, 0.05) is 23.9 Å². The predicted molar refractivity (Wildman–Crippen MR) is 75.9 cm³/mol. The Morgan fingerprint density at radius 1 is 1.32 bits per heavy atom. The summed E-state index contributed by atoms with van der Waals surface area (Å²) in [6.45, 7) is 0. The van der Waals surface area contributed by atoms with E-state index in [4.69, 9.17) is 0 Å². The van der Waals surface area contributed by atoms with Crippen molar-refractivity contribution in [1.29, 1.82) is 0 Å². The van der Waals surface area contributed by atoms with Crippen molar-refractivity contribution >= 4 is 33.2 Å². The van der Waals surface area contributed by atoms with Gasteiger partial charge in [-0.05, 0) is 18.9 Å². The molecule has 0 radical (unpaired) electrons. The highest BCUT2D eigenvalue weighted by molar-refractivity contribution is 7.17. The number of aromatic nitrogens is 4. The molecule has 1 aliphatic rings. The van der Waals surface area contributed by atoms with Crippen molar-refractivity contribution < 1.29 is 0 Å². The number of anilines is 2. The zero-order valence-electron chi connectivity index (χ0n) is 10.3. The fourth-order valence-electron chi connectivity index (χ4n) is 2.33. The van der Waals surface area contributed by atoms with Gasteiger partial charge in [-0.3, -0.25) is 5.10 Å². The third-order valence-corrected chi connectivity index (χ3v) is 4.48. The number of fused-ring (bicyclic) bond motifs is 1. The second kappa shape index (κ2) is 4.31. The van der Waals surface area contributed by atoms with Crippen molar-refractivity contribution in [3.05, 3.63) is 29.5 Å². The van der Waals surface area contributed by atoms with Crippen molar-refractivity contribution in [2.45, 2.75) is 25.2 Å². The third-order valence-electron chi connectivity index (χ3n) is 3.64. The maximum atomic E-state index is 4.37. The molecule has 0 bridgehead atoms. The number of aromatic amines is 1. The molecule has 3 aromatic rings. The molecular formula is C13H13N5S. The number of thiazole rings is 1. The SMILES string of the molecule is c1cc2ncsc2c(Nc2cc(C3CCC3)[nH]n2)n1. The number of nitrogens with one attached hydrogen (secondary N) is 2. The maximum absolute atomic E-state index is 4.37. The van der Waals surface area contributed by atoms with Crippen LogP contribution in [0.25, 0.3) is 10.2 Å². The first-order valence-electron chi connectivity index (χ1n) is 6.41. The Bertz CT molecular complexity index is 712. The molecule has 1 saturated carbocycles. The summed E-state index contributed by atoms with van der Waals surface area (Å²) in [5.74, 6) is 2.32. The summed E-state index contributed by atoms with van der Waals surface area (Å²) in [6, 6.07) is 4.01. The molecule has 0 aromatic carbocycles. The van der Waals surface area contributed by atoms with Gasteiger partial charge in [-0.1, -0.05) is 6.42 Å². The van der Waals surface area contributed by atoms with Crippen LogP contribution in [0, 0.1) is 0 Å². The summed E-state index contributed by atoms with van der Waals surface area (Å²) in [7, 11) is 0. The molecule has 1 aliphatic carbocycles. The average molecular weight is 271 g/mol. The Morgan fingerprint density at radius 2 is 2.26 bits per heavy atom. The van der Waals surface area contributed by atoms with Crippen LogP contribution in [0.15, 0.2) is 23.8 Å². The standard InChI is InChI=1S/C13H13N5S/c1-2-8(3-1)10-6-11(18-17-10)16-13-12-9(4-5-14-13)15-7-19-12/h4-8H,1-3H2,(H2,14,16,17,18). The number of rotatable bonds is 3. The molecule has 19 heavy (non-hydrogen) atoms. The van der Waals surface area contributed by atoms with Crippen LogP contribution in [0.4, 0.5) is 11.6 Å². The zero-order chi connectivity index (χ0) is 12.7. The van der Waals surface area contributed by atoms with Crippen LogP contribution < -0.4 is 5.32 Å². The lowest BCUT2D eigenvalue weighted by Crippen LogP contribution is -2.08. The van der Waals surface area contributed by atoms with Crippen molar-refractivity contribution in [3.63, 3.8) is 0 Å². The van der Waals surface area contributed by atoms with Gasteiger partial charge in [0.15, 0.2) is 11.6 Å². The van der Waals surface area contributed by atoms with Crippen molar-refractivity contribution in [2.75, 3.05) is 5.32 Å². The van der Waals surface area contributed by atoms with Crippen molar-refractivity contribution in [2.24, 2.45) is 0 Å². The van der Waals surface area contributed by atoms with Gasteiger partial charge in [-0.2, -0.15) is 5.10 Å². The maximum Gasteiger partial charge on any atom is 0.153 e.